The number of carbonyl (C=O) groups is 2. The van der Waals surface area contributed by atoms with Crippen LogP contribution < -0.4 is 5.32 Å². The van der Waals surface area contributed by atoms with Gasteiger partial charge < -0.3 is 10.1 Å². The second kappa shape index (κ2) is 7.04. The molecule has 7 nitrogen and oxygen atoms in total. The number of esters is 1. The molecule has 1 aromatic carbocycles. The maximum absolute atomic E-state index is 12.3. The molecule has 1 N–H and O–H groups in total. The van der Waals surface area contributed by atoms with E-state index in [1.54, 1.807) is 31.3 Å². The molecule has 0 aliphatic carbocycles. The first-order chi connectivity index (χ1) is 12.0. The summed E-state index contributed by atoms with van der Waals surface area (Å²) in [7, 11) is 0. The van der Waals surface area contributed by atoms with E-state index >= 15 is 0 Å². The highest BCUT2D eigenvalue weighted by atomic mass is 16.5. The van der Waals surface area contributed by atoms with Crippen LogP contribution in [0.1, 0.15) is 23.1 Å². The zero-order chi connectivity index (χ0) is 17.8. The number of benzene rings is 1. The number of aromatic nitrogens is 3. The minimum absolute atomic E-state index is 0.0552. The van der Waals surface area contributed by atoms with Crippen molar-refractivity contribution in [2.24, 2.45) is 0 Å². The minimum Gasteiger partial charge on any atom is -0.448 e. The van der Waals surface area contributed by atoms with Crippen LogP contribution in [-0.4, -0.2) is 32.9 Å². The van der Waals surface area contributed by atoms with Crippen LogP contribution in [-0.2, 0) is 9.53 Å². The second-order valence-corrected chi connectivity index (χ2v) is 5.46. The fraction of sp³-hybridized carbons (Fsp3) is 0.167. The number of carbonyl (C=O) groups excluding carboxylic acids is 2. The number of amides is 1. The Morgan fingerprint density at radius 2 is 1.92 bits per heavy atom. The van der Waals surface area contributed by atoms with Crippen molar-refractivity contribution in [3.63, 3.8) is 0 Å². The summed E-state index contributed by atoms with van der Waals surface area (Å²) >= 11 is 0. The fourth-order valence-corrected chi connectivity index (χ4v) is 2.22. The molecule has 0 spiro atoms. The molecule has 3 rings (SSSR count). The Morgan fingerprint density at radius 1 is 1.08 bits per heavy atom. The standard InChI is InChI=1S/C18H16N4O3/c1-11-9-21-16(10-20-11)18(24)25-12(2)17(23)22-15-7-3-6-14-13(15)5-4-8-19-14/h3-10,12H,1-2H3,(H,22,23). The number of fused-ring (bicyclic) bond motifs is 1. The van der Waals surface area contributed by atoms with Crippen LogP contribution in [0.25, 0.3) is 10.9 Å². The smallest absolute Gasteiger partial charge is 0.359 e. The third kappa shape index (κ3) is 3.77. The molecule has 0 bridgehead atoms. The van der Waals surface area contributed by atoms with Crippen molar-refractivity contribution in [2.75, 3.05) is 5.32 Å². The van der Waals surface area contributed by atoms with Gasteiger partial charge in [-0.3, -0.25) is 14.8 Å². The highest BCUT2D eigenvalue weighted by molar-refractivity contribution is 6.03. The lowest BCUT2D eigenvalue weighted by molar-refractivity contribution is -0.123. The van der Waals surface area contributed by atoms with Crippen LogP contribution in [0.3, 0.4) is 0 Å². The van der Waals surface area contributed by atoms with Crippen molar-refractivity contribution in [3.05, 3.63) is 60.3 Å². The van der Waals surface area contributed by atoms with Crippen molar-refractivity contribution in [1.82, 2.24) is 15.0 Å². The maximum atomic E-state index is 12.3. The Morgan fingerprint density at radius 3 is 2.68 bits per heavy atom. The molecule has 1 atom stereocenters. The number of rotatable bonds is 4. The molecule has 3 aromatic rings. The molecule has 0 aliphatic heterocycles. The molecule has 2 aromatic heterocycles. The number of nitrogens with zero attached hydrogens (tertiary/aromatic N) is 3. The van der Waals surface area contributed by atoms with Crippen LogP contribution in [0.2, 0.25) is 0 Å². The molecule has 126 valence electrons. The van der Waals surface area contributed by atoms with E-state index < -0.39 is 18.0 Å². The molecule has 0 aliphatic rings. The van der Waals surface area contributed by atoms with Crippen LogP contribution in [0, 0.1) is 6.92 Å². The largest absolute Gasteiger partial charge is 0.448 e. The van der Waals surface area contributed by atoms with Crippen LogP contribution >= 0.6 is 0 Å². The summed E-state index contributed by atoms with van der Waals surface area (Å²) in [6.07, 6.45) is 3.48. The van der Waals surface area contributed by atoms with Crippen LogP contribution in [0.5, 0.6) is 0 Å². The molecule has 2 heterocycles. The third-order valence-corrected chi connectivity index (χ3v) is 3.55. The molecule has 0 fully saturated rings. The Hall–Kier alpha value is -3.35. The maximum Gasteiger partial charge on any atom is 0.359 e. The first-order valence-electron chi connectivity index (χ1n) is 7.69. The molecule has 7 heteroatoms. The Kier molecular flexibility index (Phi) is 4.65. The predicted octanol–water partition coefficient (Wildman–Crippen LogP) is 2.52. The van der Waals surface area contributed by atoms with Crippen LogP contribution in [0.4, 0.5) is 5.69 Å². The van der Waals surface area contributed by atoms with Crippen molar-refractivity contribution in [1.29, 1.82) is 0 Å². The number of aryl methyl sites for hydroxylation is 1. The van der Waals surface area contributed by atoms with Gasteiger partial charge in [0.1, 0.15) is 0 Å². The van der Waals surface area contributed by atoms with Crippen molar-refractivity contribution >= 4 is 28.5 Å². The fourth-order valence-electron chi connectivity index (χ4n) is 2.22. The molecule has 0 saturated carbocycles. The third-order valence-electron chi connectivity index (χ3n) is 3.55. The number of nitrogens with one attached hydrogen (secondary N) is 1. The summed E-state index contributed by atoms with van der Waals surface area (Å²) in [5, 5.41) is 3.57. The number of ether oxygens (including phenoxy) is 1. The summed E-state index contributed by atoms with van der Waals surface area (Å²) in [6, 6.07) is 9.06. The quantitative estimate of drug-likeness (QED) is 0.736. The predicted molar refractivity (Wildman–Crippen MR) is 92.0 cm³/mol. The van der Waals surface area contributed by atoms with Crippen molar-refractivity contribution in [3.8, 4) is 0 Å². The van der Waals surface area contributed by atoms with Gasteiger partial charge in [-0.2, -0.15) is 0 Å². The first kappa shape index (κ1) is 16.5. The average molecular weight is 336 g/mol. The van der Waals surface area contributed by atoms with E-state index in [0.717, 1.165) is 10.9 Å². The number of hydrogen-bond acceptors (Lipinski definition) is 6. The van der Waals surface area contributed by atoms with E-state index in [1.165, 1.54) is 19.3 Å². The van der Waals surface area contributed by atoms with Gasteiger partial charge in [0, 0.05) is 17.8 Å². The zero-order valence-corrected chi connectivity index (χ0v) is 13.8. The number of hydrogen-bond donors (Lipinski definition) is 1. The first-order valence-corrected chi connectivity index (χ1v) is 7.69. The average Bonchev–Trinajstić information content (AvgIpc) is 2.62. The van der Waals surface area contributed by atoms with E-state index in [2.05, 4.69) is 20.3 Å². The monoisotopic (exact) mass is 336 g/mol. The molecule has 1 amide bonds. The molecule has 1 unspecified atom stereocenters. The lowest BCUT2D eigenvalue weighted by Gasteiger charge is -2.14. The molecular formula is C18H16N4O3. The molecule has 0 saturated heterocycles. The van der Waals surface area contributed by atoms with Gasteiger partial charge in [0.25, 0.3) is 5.91 Å². The van der Waals surface area contributed by atoms with E-state index in [1.807, 2.05) is 12.1 Å². The van der Waals surface area contributed by atoms with E-state index in [4.69, 9.17) is 4.74 Å². The Balaban J connectivity index is 1.70. The van der Waals surface area contributed by atoms with Gasteiger partial charge in [0.2, 0.25) is 0 Å². The van der Waals surface area contributed by atoms with E-state index in [0.29, 0.717) is 11.4 Å². The van der Waals surface area contributed by atoms with Crippen molar-refractivity contribution in [2.45, 2.75) is 20.0 Å². The van der Waals surface area contributed by atoms with E-state index in [-0.39, 0.29) is 5.69 Å². The lowest BCUT2D eigenvalue weighted by atomic mass is 10.2. The normalized spacial score (nSPS) is 11.8. The van der Waals surface area contributed by atoms with Gasteiger partial charge in [-0.25, -0.2) is 9.78 Å². The van der Waals surface area contributed by atoms with Gasteiger partial charge in [0.15, 0.2) is 11.8 Å². The number of anilines is 1. The van der Waals surface area contributed by atoms with Gasteiger partial charge in [-0.15, -0.1) is 0 Å². The second-order valence-electron chi connectivity index (χ2n) is 5.46. The summed E-state index contributed by atoms with van der Waals surface area (Å²) in [4.78, 5) is 36.5. The van der Waals surface area contributed by atoms with Crippen molar-refractivity contribution < 1.29 is 14.3 Å². The number of pyridine rings is 1. The van der Waals surface area contributed by atoms with Gasteiger partial charge in [-0.05, 0) is 38.1 Å². The van der Waals surface area contributed by atoms with Gasteiger partial charge >= 0.3 is 5.97 Å². The minimum atomic E-state index is -0.984. The Bertz CT molecular complexity index is 920. The van der Waals surface area contributed by atoms with Crippen LogP contribution in [0.15, 0.2) is 48.9 Å². The SMILES string of the molecule is Cc1cnc(C(=O)OC(C)C(=O)Nc2cccc3ncccc23)cn1. The molecule has 0 radical (unpaired) electrons. The highest BCUT2D eigenvalue weighted by Gasteiger charge is 2.20. The lowest BCUT2D eigenvalue weighted by Crippen LogP contribution is -2.30. The van der Waals surface area contributed by atoms with E-state index in [9.17, 15) is 9.59 Å². The molecular weight excluding hydrogens is 320 g/mol. The summed E-state index contributed by atoms with van der Waals surface area (Å²) in [6.45, 7) is 3.26. The van der Waals surface area contributed by atoms with Gasteiger partial charge in [-0.1, -0.05) is 6.07 Å². The zero-order valence-electron chi connectivity index (χ0n) is 13.8. The summed E-state index contributed by atoms with van der Waals surface area (Å²) < 4.78 is 5.15. The molecule has 25 heavy (non-hydrogen) atoms. The Labute approximate surface area is 144 Å². The summed E-state index contributed by atoms with van der Waals surface area (Å²) in [5.41, 5.74) is 2.11. The summed E-state index contributed by atoms with van der Waals surface area (Å²) in [5.74, 6) is -1.14. The van der Waals surface area contributed by atoms with Gasteiger partial charge in [0.05, 0.1) is 23.1 Å². The topological polar surface area (TPSA) is 94.1 Å². The highest BCUT2D eigenvalue weighted by Crippen LogP contribution is 2.21.